The van der Waals surface area contributed by atoms with Gasteiger partial charge >= 0.3 is 0 Å². The molecule has 0 bridgehead atoms. The van der Waals surface area contributed by atoms with Gasteiger partial charge < -0.3 is 19.5 Å². The maximum Gasteiger partial charge on any atom is 0.178 e. The third kappa shape index (κ3) is 5.09. The van der Waals surface area contributed by atoms with Crippen molar-refractivity contribution in [1.82, 2.24) is 15.0 Å². The number of aliphatic imine (C=N–C) groups is 1. The molecule has 2 aromatic carbocycles. The number of imidazole rings is 1. The zero-order valence-corrected chi connectivity index (χ0v) is 18.0. The molecular formula is C25H26N4O2. The molecule has 0 aliphatic heterocycles. The van der Waals surface area contributed by atoms with E-state index in [2.05, 4.69) is 15.0 Å². The van der Waals surface area contributed by atoms with Gasteiger partial charge in [-0.15, -0.1) is 0 Å². The molecular weight excluding hydrogens is 388 g/mol. The lowest BCUT2D eigenvalue weighted by Gasteiger charge is -2.15. The van der Waals surface area contributed by atoms with Crippen molar-refractivity contribution in [2.24, 2.45) is 4.99 Å². The number of benzene rings is 2. The van der Waals surface area contributed by atoms with Crippen LogP contribution >= 0.6 is 0 Å². The van der Waals surface area contributed by atoms with Crippen LogP contribution in [0.15, 0.2) is 65.7 Å². The minimum absolute atomic E-state index is 0.0391. The highest BCUT2D eigenvalue weighted by Crippen LogP contribution is 2.34. The summed E-state index contributed by atoms with van der Waals surface area (Å²) >= 11 is 0. The number of aromatic amines is 1. The number of nitrogens with one attached hydrogen (secondary N) is 1. The fourth-order valence-electron chi connectivity index (χ4n) is 3.24. The lowest BCUT2D eigenvalue weighted by molar-refractivity contribution is 0.242. The minimum Gasteiger partial charge on any atom is -0.490 e. The van der Waals surface area contributed by atoms with Gasteiger partial charge in [0.1, 0.15) is 23.9 Å². The molecule has 0 spiro atoms. The van der Waals surface area contributed by atoms with Crippen LogP contribution in [0.5, 0.6) is 11.5 Å². The molecule has 0 aliphatic carbocycles. The van der Waals surface area contributed by atoms with Crippen molar-refractivity contribution in [1.29, 1.82) is 0 Å². The van der Waals surface area contributed by atoms with Crippen LogP contribution in [0.3, 0.4) is 0 Å². The van der Waals surface area contributed by atoms with Gasteiger partial charge in [0.2, 0.25) is 0 Å². The predicted octanol–water partition coefficient (Wildman–Crippen LogP) is 5.23. The molecule has 0 saturated heterocycles. The monoisotopic (exact) mass is 414 g/mol. The van der Waals surface area contributed by atoms with Gasteiger partial charge in [0.15, 0.2) is 5.65 Å². The summed E-state index contributed by atoms with van der Waals surface area (Å²) in [7, 11) is 1.76. The Hall–Kier alpha value is -3.67. The molecule has 2 aromatic heterocycles. The Morgan fingerprint density at radius 3 is 2.65 bits per heavy atom. The Morgan fingerprint density at radius 2 is 1.87 bits per heavy atom. The number of fused-ring (bicyclic) bond motifs is 1. The minimum atomic E-state index is 0.0391. The average molecular weight is 415 g/mol. The first-order valence-corrected chi connectivity index (χ1v) is 10.4. The smallest absolute Gasteiger partial charge is 0.178 e. The van der Waals surface area contributed by atoms with Crippen molar-refractivity contribution >= 4 is 17.4 Å². The van der Waals surface area contributed by atoms with Gasteiger partial charge in [0, 0.05) is 25.4 Å². The molecule has 31 heavy (non-hydrogen) atoms. The zero-order chi connectivity index (χ0) is 21.6. The van der Waals surface area contributed by atoms with Crippen LogP contribution < -0.4 is 9.47 Å². The second-order valence-electron chi connectivity index (χ2n) is 7.50. The van der Waals surface area contributed by atoms with Crippen molar-refractivity contribution in [3.63, 3.8) is 0 Å². The van der Waals surface area contributed by atoms with Gasteiger partial charge in [0.05, 0.1) is 17.2 Å². The van der Waals surface area contributed by atoms with E-state index >= 15 is 0 Å². The molecule has 4 aromatic rings. The Kier molecular flexibility index (Phi) is 6.26. The van der Waals surface area contributed by atoms with Crippen molar-refractivity contribution in [3.05, 3.63) is 71.9 Å². The largest absolute Gasteiger partial charge is 0.490 e. The van der Waals surface area contributed by atoms with Crippen LogP contribution in [-0.4, -0.2) is 34.3 Å². The highest BCUT2D eigenvalue weighted by molar-refractivity contribution is 5.78. The van der Waals surface area contributed by atoms with E-state index in [4.69, 9.17) is 14.5 Å². The molecule has 158 valence electrons. The third-order valence-electron chi connectivity index (χ3n) is 4.70. The van der Waals surface area contributed by atoms with Crippen LogP contribution in [0.2, 0.25) is 0 Å². The van der Waals surface area contributed by atoms with Gasteiger partial charge in [-0.05, 0) is 49.7 Å². The predicted molar refractivity (Wildman–Crippen MR) is 124 cm³/mol. The fraction of sp³-hybridized carbons (Fsp3) is 0.240. The third-order valence-corrected chi connectivity index (χ3v) is 4.70. The molecule has 0 unspecified atom stereocenters. The van der Waals surface area contributed by atoms with Crippen LogP contribution in [-0.2, 0) is 13.0 Å². The maximum absolute atomic E-state index is 6.04. The van der Waals surface area contributed by atoms with E-state index in [0.717, 1.165) is 33.8 Å². The summed E-state index contributed by atoms with van der Waals surface area (Å²) in [5.41, 5.74) is 4.42. The van der Waals surface area contributed by atoms with Crippen molar-refractivity contribution in [3.8, 4) is 22.9 Å². The summed E-state index contributed by atoms with van der Waals surface area (Å²) in [6.45, 7) is 4.51. The Morgan fingerprint density at radius 1 is 1.03 bits per heavy atom. The number of rotatable bonds is 8. The second kappa shape index (κ2) is 9.43. The molecule has 2 heterocycles. The van der Waals surface area contributed by atoms with Crippen molar-refractivity contribution in [2.75, 3.05) is 7.05 Å². The van der Waals surface area contributed by atoms with Gasteiger partial charge in [-0.2, -0.15) is 0 Å². The number of ether oxygens (including phenoxy) is 2. The number of hydrogen-bond acceptors (Lipinski definition) is 5. The van der Waals surface area contributed by atoms with E-state index < -0.39 is 0 Å². The number of nitrogens with zero attached hydrogens (tertiary/aromatic N) is 3. The molecule has 0 saturated carbocycles. The van der Waals surface area contributed by atoms with E-state index in [9.17, 15) is 0 Å². The molecule has 6 heteroatoms. The first kappa shape index (κ1) is 20.6. The maximum atomic E-state index is 6.04. The van der Waals surface area contributed by atoms with E-state index in [1.54, 1.807) is 7.05 Å². The number of pyridine rings is 1. The summed E-state index contributed by atoms with van der Waals surface area (Å²) in [4.78, 5) is 16.8. The van der Waals surface area contributed by atoms with E-state index in [0.29, 0.717) is 24.5 Å². The molecule has 0 fully saturated rings. The second-order valence-corrected chi connectivity index (χ2v) is 7.50. The van der Waals surface area contributed by atoms with E-state index in [1.165, 1.54) is 0 Å². The highest BCUT2D eigenvalue weighted by atomic mass is 16.5. The lowest BCUT2D eigenvalue weighted by Crippen LogP contribution is -2.07. The molecule has 4 rings (SSSR count). The Bertz CT molecular complexity index is 1180. The summed E-state index contributed by atoms with van der Waals surface area (Å²) in [6.07, 6.45) is 2.56. The number of H-pyrrole nitrogens is 1. The highest BCUT2D eigenvalue weighted by Gasteiger charge is 2.15. The molecule has 0 amide bonds. The Labute approximate surface area is 182 Å². The standard InChI is InChI=1S/C25H26N4O2/c1-17(2)31-23-12-10-20(30-16-18-7-5-4-6-8-18)15-21(23)24-28-22-11-9-19(13-14-26-3)27-25(22)29-24/h4-12,14-15,17H,13,16H2,1-3H3,(H,27,28,29). The van der Waals surface area contributed by atoms with Gasteiger partial charge in [-0.1, -0.05) is 30.3 Å². The van der Waals surface area contributed by atoms with Crippen molar-refractivity contribution in [2.45, 2.75) is 33.0 Å². The normalized spacial score (nSPS) is 11.5. The van der Waals surface area contributed by atoms with Gasteiger partial charge in [-0.25, -0.2) is 9.97 Å². The number of aromatic nitrogens is 3. The molecule has 6 nitrogen and oxygen atoms in total. The summed E-state index contributed by atoms with van der Waals surface area (Å²) in [5, 5.41) is 0. The van der Waals surface area contributed by atoms with Crippen LogP contribution in [0.25, 0.3) is 22.6 Å². The van der Waals surface area contributed by atoms with Crippen LogP contribution in [0.1, 0.15) is 25.1 Å². The lowest BCUT2D eigenvalue weighted by atomic mass is 10.1. The summed E-state index contributed by atoms with van der Waals surface area (Å²) in [5.74, 6) is 2.20. The Balaban J connectivity index is 1.66. The summed E-state index contributed by atoms with van der Waals surface area (Å²) in [6, 6.07) is 19.9. The molecule has 1 N–H and O–H groups in total. The molecule has 0 radical (unpaired) electrons. The fourth-order valence-corrected chi connectivity index (χ4v) is 3.24. The van der Waals surface area contributed by atoms with Crippen molar-refractivity contribution < 1.29 is 9.47 Å². The molecule has 0 aliphatic rings. The van der Waals surface area contributed by atoms with E-state index in [-0.39, 0.29) is 6.10 Å². The molecule has 0 atom stereocenters. The topological polar surface area (TPSA) is 72.4 Å². The van der Waals surface area contributed by atoms with E-state index in [1.807, 2.05) is 80.7 Å². The summed E-state index contributed by atoms with van der Waals surface area (Å²) < 4.78 is 12.1. The zero-order valence-electron chi connectivity index (χ0n) is 18.0. The number of hydrogen-bond donors (Lipinski definition) is 1. The van der Waals surface area contributed by atoms with Gasteiger partial charge in [-0.3, -0.25) is 0 Å². The first-order valence-electron chi connectivity index (χ1n) is 10.4. The van der Waals surface area contributed by atoms with Crippen LogP contribution in [0, 0.1) is 0 Å². The average Bonchev–Trinajstić information content (AvgIpc) is 3.20. The first-order chi connectivity index (χ1) is 15.1. The van der Waals surface area contributed by atoms with Crippen LogP contribution in [0.4, 0.5) is 0 Å². The quantitative estimate of drug-likeness (QED) is 0.401. The van der Waals surface area contributed by atoms with Gasteiger partial charge in [0.25, 0.3) is 0 Å². The SMILES string of the molecule is CN=CCc1ccc2[nH]c(-c3cc(OCc4ccccc4)ccc3OC(C)C)nc2n1.